The highest BCUT2D eigenvalue weighted by Crippen LogP contribution is 2.38. The van der Waals surface area contributed by atoms with Gasteiger partial charge in [-0.15, -0.1) is 5.06 Å². The van der Waals surface area contributed by atoms with Crippen molar-refractivity contribution in [2.24, 2.45) is 0 Å². The number of carbonyl (C=O) groups is 1. The van der Waals surface area contributed by atoms with Crippen molar-refractivity contribution < 1.29 is 14.4 Å². The number of nitrogens with zero attached hydrogens (tertiary/aromatic N) is 1. The van der Waals surface area contributed by atoms with Crippen molar-refractivity contribution in [2.45, 2.75) is 110 Å². The molecule has 4 nitrogen and oxygen atoms in total. The molecule has 2 rings (SSSR count). The Kier molecular flexibility index (Phi) is 7.94. The lowest BCUT2D eigenvalue weighted by Crippen LogP contribution is -2.58. The molecule has 0 saturated carbocycles. The molecular weight excluding hydrogens is 350 g/mol. The molecule has 1 aromatic rings. The number of piperidine rings is 1. The van der Waals surface area contributed by atoms with Gasteiger partial charge < -0.3 is 9.57 Å². The summed E-state index contributed by atoms with van der Waals surface area (Å²) in [6.45, 7) is 13.0. The van der Waals surface area contributed by atoms with Gasteiger partial charge in [0.1, 0.15) is 5.75 Å². The van der Waals surface area contributed by atoms with Crippen LogP contribution in [0.25, 0.3) is 0 Å². The fourth-order valence-corrected chi connectivity index (χ4v) is 4.24. The summed E-state index contributed by atoms with van der Waals surface area (Å²) in [6, 6.07) is 7.39. The molecular formula is C24H39NO3. The first kappa shape index (κ1) is 22.7. The van der Waals surface area contributed by atoms with Crippen LogP contribution in [-0.4, -0.2) is 28.2 Å². The second-order valence-electron chi connectivity index (χ2n) is 9.35. The van der Waals surface area contributed by atoms with Gasteiger partial charge in [0.25, 0.3) is 0 Å². The summed E-state index contributed by atoms with van der Waals surface area (Å²) in [5.41, 5.74) is 0.241. The molecule has 0 aromatic heterocycles. The third-order valence-electron chi connectivity index (χ3n) is 5.73. The van der Waals surface area contributed by atoms with E-state index in [1.165, 1.54) is 12.8 Å². The van der Waals surface area contributed by atoms with E-state index >= 15 is 0 Å². The van der Waals surface area contributed by atoms with Crippen LogP contribution in [0.1, 0.15) is 103 Å². The third kappa shape index (κ3) is 5.97. The molecule has 4 heteroatoms. The molecule has 1 aromatic carbocycles. The average molecular weight is 390 g/mol. The maximum Gasteiger partial charge on any atom is 0.357 e. The first-order chi connectivity index (χ1) is 13.2. The summed E-state index contributed by atoms with van der Waals surface area (Å²) in [6.07, 6.45) is 9.04. The lowest BCUT2D eigenvalue weighted by atomic mass is 9.82. The molecule has 158 valence electrons. The zero-order valence-corrected chi connectivity index (χ0v) is 18.7. The normalized spacial score (nSPS) is 19.8. The number of ether oxygens (including phenoxy) is 1. The lowest BCUT2D eigenvalue weighted by molar-refractivity contribution is -0.240. The minimum absolute atomic E-state index is 0.160. The Morgan fingerprint density at radius 1 is 1.00 bits per heavy atom. The van der Waals surface area contributed by atoms with Crippen LogP contribution in [-0.2, 0) is 4.84 Å². The van der Waals surface area contributed by atoms with Crippen molar-refractivity contribution in [3.8, 4) is 5.75 Å². The van der Waals surface area contributed by atoms with Crippen molar-refractivity contribution in [3.05, 3.63) is 29.8 Å². The highest BCUT2D eigenvalue weighted by atomic mass is 16.7. The standard InChI is InChI=1S/C24H39NO3/c1-7-9-12-20(11-8-2)27-21-15-13-19(14-16-21)22(26)28-25-23(3,4)17-10-18-24(25,5)6/h13-16,20H,7-12,17-18H2,1-6H3. The van der Waals surface area contributed by atoms with Gasteiger partial charge in [-0.2, -0.15) is 0 Å². The largest absolute Gasteiger partial charge is 0.490 e. The van der Waals surface area contributed by atoms with Crippen molar-refractivity contribution in [1.82, 2.24) is 5.06 Å². The fraction of sp³-hybridized carbons (Fsp3) is 0.708. The Morgan fingerprint density at radius 2 is 1.61 bits per heavy atom. The molecule has 0 aliphatic carbocycles. The maximum absolute atomic E-state index is 12.8. The highest BCUT2D eigenvalue weighted by Gasteiger charge is 2.44. The van der Waals surface area contributed by atoms with Crippen molar-refractivity contribution in [2.75, 3.05) is 0 Å². The number of hydrogen-bond donors (Lipinski definition) is 0. The molecule has 1 aliphatic heterocycles. The average Bonchev–Trinajstić information content (AvgIpc) is 2.63. The van der Waals surface area contributed by atoms with Crippen molar-refractivity contribution >= 4 is 5.97 Å². The van der Waals surface area contributed by atoms with Gasteiger partial charge in [-0.3, -0.25) is 0 Å². The van der Waals surface area contributed by atoms with Gasteiger partial charge in [0.15, 0.2) is 0 Å². The number of benzene rings is 1. The van der Waals surface area contributed by atoms with E-state index in [0.29, 0.717) is 5.56 Å². The maximum atomic E-state index is 12.8. The summed E-state index contributed by atoms with van der Waals surface area (Å²) in [5.74, 6) is 0.524. The molecule has 28 heavy (non-hydrogen) atoms. The van der Waals surface area contributed by atoms with Crippen molar-refractivity contribution in [1.29, 1.82) is 0 Å². The number of hydrogen-bond acceptors (Lipinski definition) is 4. The van der Waals surface area contributed by atoms with E-state index < -0.39 is 0 Å². The van der Waals surface area contributed by atoms with E-state index in [0.717, 1.165) is 44.3 Å². The van der Waals surface area contributed by atoms with E-state index in [-0.39, 0.29) is 23.2 Å². The Labute approximate surface area is 171 Å². The van der Waals surface area contributed by atoms with Gasteiger partial charge in [-0.25, -0.2) is 4.79 Å². The van der Waals surface area contributed by atoms with Crippen LogP contribution in [0.4, 0.5) is 0 Å². The number of unbranched alkanes of at least 4 members (excludes halogenated alkanes) is 1. The van der Waals surface area contributed by atoms with Crippen LogP contribution >= 0.6 is 0 Å². The second kappa shape index (κ2) is 9.78. The number of rotatable bonds is 9. The monoisotopic (exact) mass is 389 g/mol. The van der Waals surface area contributed by atoms with Crippen LogP contribution in [0.3, 0.4) is 0 Å². The first-order valence-electron chi connectivity index (χ1n) is 11.0. The summed E-state index contributed by atoms with van der Waals surface area (Å²) in [5, 5.41) is 1.90. The van der Waals surface area contributed by atoms with E-state index in [2.05, 4.69) is 41.5 Å². The van der Waals surface area contributed by atoms with E-state index in [1.807, 2.05) is 29.3 Å². The van der Waals surface area contributed by atoms with Gasteiger partial charge in [-0.05, 0) is 84.1 Å². The van der Waals surface area contributed by atoms with E-state index in [4.69, 9.17) is 9.57 Å². The molecule has 0 spiro atoms. The van der Waals surface area contributed by atoms with Crippen LogP contribution in [0, 0.1) is 0 Å². The molecule has 1 fully saturated rings. The Bertz CT molecular complexity index is 605. The Hall–Kier alpha value is -1.55. The Balaban J connectivity index is 2.02. The summed E-state index contributed by atoms with van der Waals surface area (Å²) in [4.78, 5) is 18.6. The van der Waals surface area contributed by atoms with Gasteiger partial charge in [0.2, 0.25) is 0 Å². The minimum atomic E-state index is -0.300. The van der Waals surface area contributed by atoms with Crippen LogP contribution in [0.5, 0.6) is 5.75 Å². The SMILES string of the molecule is CCCCC(CCC)Oc1ccc(C(=O)ON2C(C)(C)CCCC2(C)C)cc1. The van der Waals surface area contributed by atoms with Crippen LogP contribution in [0.15, 0.2) is 24.3 Å². The second-order valence-corrected chi connectivity index (χ2v) is 9.35. The smallest absolute Gasteiger partial charge is 0.357 e. The molecule has 1 unspecified atom stereocenters. The molecule has 1 heterocycles. The molecule has 1 saturated heterocycles. The predicted molar refractivity (Wildman–Crippen MR) is 115 cm³/mol. The van der Waals surface area contributed by atoms with E-state index in [1.54, 1.807) is 0 Å². The zero-order chi connectivity index (χ0) is 20.8. The summed E-state index contributed by atoms with van der Waals surface area (Å²) < 4.78 is 6.15. The van der Waals surface area contributed by atoms with Gasteiger partial charge in [-0.1, -0.05) is 33.1 Å². The first-order valence-corrected chi connectivity index (χ1v) is 11.0. The van der Waals surface area contributed by atoms with Gasteiger partial charge in [0.05, 0.1) is 22.7 Å². The molecule has 0 N–H and O–H groups in total. The molecule has 0 bridgehead atoms. The molecule has 1 atom stereocenters. The molecule has 1 aliphatic rings. The van der Waals surface area contributed by atoms with Crippen molar-refractivity contribution in [3.63, 3.8) is 0 Å². The number of hydroxylamine groups is 2. The van der Waals surface area contributed by atoms with E-state index in [9.17, 15) is 4.79 Å². The van der Waals surface area contributed by atoms with Gasteiger partial charge in [0, 0.05) is 0 Å². The fourth-order valence-electron chi connectivity index (χ4n) is 4.24. The summed E-state index contributed by atoms with van der Waals surface area (Å²) in [7, 11) is 0. The quantitative estimate of drug-likeness (QED) is 0.481. The Morgan fingerprint density at radius 3 is 2.14 bits per heavy atom. The molecule has 0 radical (unpaired) electrons. The lowest BCUT2D eigenvalue weighted by Gasteiger charge is -2.50. The van der Waals surface area contributed by atoms with Crippen LogP contribution < -0.4 is 4.74 Å². The van der Waals surface area contributed by atoms with Gasteiger partial charge >= 0.3 is 5.97 Å². The topological polar surface area (TPSA) is 38.8 Å². The third-order valence-corrected chi connectivity index (χ3v) is 5.73. The minimum Gasteiger partial charge on any atom is -0.490 e. The highest BCUT2D eigenvalue weighted by molar-refractivity contribution is 5.89. The molecule has 0 amide bonds. The summed E-state index contributed by atoms with van der Waals surface area (Å²) >= 11 is 0. The van der Waals surface area contributed by atoms with Crippen LogP contribution in [0.2, 0.25) is 0 Å². The predicted octanol–water partition coefficient (Wildman–Crippen LogP) is 6.54. The number of carbonyl (C=O) groups excluding carboxylic acids is 1. The zero-order valence-electron chi connectivity index (χ0n) is 18.7.